The predicted octanol–water partition coefficient (Wildman–Crippen LogP) is 1.87. The third-order valence-corrected chi connectivity index (χ3v) is 2.21. The molecule has 1 rings (SSSR count). The first-order valence-electron chi connectivity index (χ1n) is 4.63. The lowest BCUT2D eigenvalue weighted by Gasteiger charge is -2.12. The van der Waals surface area contributed by atoms with E-state index >= 15 is 0 Å². The summed E-state index contributed by atoms with van der Waals surface area (Å²) in [6, 6.07) is 7.04. The summed E-state index contributed by atoms with van der Waals surface area (Å²) in [5.41, 5.74) is 7.43. The molecule has 0 fully saturated rings. The Hall–Kier alpha value is -1.53. The zero-order chi connectivity index (χ0) is 10.6. The van der Waals surface area contributed by atoms with Crippen molar-refractivity contribution < 1.29 is 5.11 Å². The van der Waals surface area contributed by atoms with Gasteiger partial charge in [0.15, 0.2) is 0 Å². The molecule has 0 bridgehead atoms. The number of aromatic hydroxyl groups is 1. The van der Waals surface area contributed by atoms with Crippen molar-refractivity contribution in [3.63, 3.8) is 0 Å². The molecule has 1 aromatic rings. The number of nitriles is 1. The van der Waals surface area contributed by atoms with Crippen molar-refractivity contribution >= 4 is 0 Å². The third-order valence-electron chi connectivity index (χ3n) is 2.21. The summed E-state index contributed by atoms with van der Waals surface area (Å²) >= 11 is 0. The normalized spacial score (nSPS) is 12.1. The van der Waals surface area contributed by atoms with E-state index < -0.39 is 0 Å². The average Bonchev–Trinajstić information content (AvgIpc) is 2.20. The minimum atomic E-state index is -0.159. The van der Waals surface area contributed by atoms with Crippen LogP contribution in [0, 0.1) is 11.3 Å². The Bertz CT molecular complexity index is 355. The van der Waals surface area contributed by atoms with Gasteiger partial charge in [-0.15, -0.1) is 0 Å². The summed E-state index contributed by atoms with van der Waals surface area (Å²) in [5.74, 6) is 0.209. The molecule has 0 saturated carbocycles. The molecular weight excluding hydrogens is 176 g/mol. The lowest BCUT2D eigenvalue weighted by atomic mass is 10.0. The van der Waals surface area contributed by atoms with Crippen LogP contribution in [0.1, 0.15) is 30.5 Å². The molecule has 3 N–H and O–H groups in total. The van der Waals surface area contributed by atoms with Crippen molar-refractivity contribution in [1.82, 2.24) is 0 Å². The highest BCUT2D eigenvalue weighted by Gasteiger charge is 2.09. The van der Waals surface area contributed by atoms with Crippen LogP contribution in [0.3, 0.4) is 0 Å². The van der Waals surface area contributed by atoms with Crippen LogP contribution in [-0.2, 0) is 6.42 Å². The molecule has 1 aromatic carbocycles. The molecule has 0 aliphatic rings. The van der Waals surface area contributed by atoms with E-state index in [0.29, 0.717) is 6.42 Å². The summed E-state index contributed by atoms with van der Waals surface area (Å²) in [4.78, 5) is 0. The maximum absolute atomic E-state index is 9.54. The minimum absolute atomic E-state index is 0.159. The molecule has 3 heteroatoms. The molecule has 0 aromatic heterocycles. The van der Waals surface area contributed by atoms with Gasteiger partial charge in [0.25, 0.3) is 0 Å². The van der Waals surface area contributed by atoms with Gasteiger partial charge in [0.05, 0.1) is 12.5 Å². The van der Waals surface area contributed by atoms with Gasteiger partial charge in [-0.2, -0.15) is 5.26 Å². The summed E-state index contributed by atoms with van der Waals surface area (Å²) in [6.07, 6.45) is 1.12. The average molecular weight is 190 g/mol. The summed E-state index contributed by atoms with van der Waals surface area (Å²) in [7, 11) is 0. The van der Waals surface area contributed by atoms with Gasteiger partial charge in [-0.3, -0.25) is 0 Å². The lowest BCUT2D eigenvalue weighted by Crippen LogP contribution is -2.09. The van der Waals surface area contributed by atoms with Crippen molar-refractivity contribution in [3.05, 3.63) is 29.3 Å². The van der Waals surface area contributed by atoms with Gasteiger partial charge in [0, 0.05) is 11.6 Å². The summed E-state index contributed by atoms with van der Waals surface area (Å²) < 4.78 is 0. The Morgan fingerprint density at radius 1 is 1.57 bits per heavy atom. The monoisotopic (exact) mass is 190 g/mol. The van der Waals surface area contributed by atoms with Crippen LogP contribution in [0.4, 0.5) is 0 Å². The van der Waals surface area contributed by atoms with Gasteiger partial charge < -0.3 is 10.8 Å². The van der Waals surface area contributed by atoms with Gasteiger partial charge in [-0.1, -0.05) is 13.0 Å². The molecule has 0 unspecified atom stereocenters. The van der Waals surface area contributed by atoms with Crippen LogP contribution in [0.25, 0.3) is 0 Å². The first-order valence-corrected chi connectivity index (χ1v) is 4.63. The predicted molar refractivity (Wildman–Crippen MR) is 54.6 cm³/mol. The van der Waals surface area contributed by atoms with Crippen LogP contribution in [-0.4, -0.2) is 5.11 Å². The second-order valence-corrected chi connectivity index (χ2v) is 3.24. The number of benzene rings is 1. The van der Waals surface area contributed by atoms with E-state index in [4.69, 9.17) is 11.0 Å². The van der Waals surface area contributed by atoms with Gasteiger partial charge in [0.2, 0.25) is 0 Å². The van der Waals surface area contributed by atoms with Gasteiger partial charge in [-0.25, -0.2) is 0 Å². The summed E-state index contributed by atoms with van der Waals surface area (Å²) in [5, 5.41) is 18.1. The first kappa shape index (κ1) is 10.6. The van der Waals surface area contributed by atoms with Crippen LogP contribution < -0.4 is 5.73 Å². The fourth-order valence-electron chi connectivity index (χ4n) is 1.32. The molecule has 0 radical (unpaired) electrons. The molecule has 0 spiro atoms. The maximum atomic E-state index is 9.54. The minimum Gasteiger partial charge on any atom is -0.508 e. The Labute approximate surface area is 83.8 Å². The van der Waals surface area contributed by atoms with Crippen LogP contribution in [0.5, 0.6) is 5.75 Å². The largest absolute Gasteiger partial charge is 0.508 e. The SMILES string of the molecule is CC[C@@H](N)c1cc(CC#N)ccc1O. The molecule has 1 atom stereocenters. The highest BCUT2D eigenvalue weighted by atomic mass is 16.3. The molecule has 3 nitrogen and oxygen atoms in total. The standard InChI is InChI=1S/C11H14N2O/c1-2-10(13)9-7-8(5-6-12)3-4-11(9)14/h3-4,7,10,14H,2,5,13H2,1H3/t10-/m1/s1. The van der Waals surface area contributed by atoms with E-state index in [1.54, 1.807) is 18.2 Å². The molecule has 74 valence electrons. The van der Waals surface area contributed by atoms with Gasteiger partial charge in [0.1, 0.15) is 5.75 Å². The fourth-order valence-corrected chi connectivity index (χ4v) is 1.32. The van der Waals surface area contributed by atoms with E-state index in [2.05, 4.69) is 6.07 Å². The second kappa shape index (κ2) is 4.64. The Kier molecular flexibility index (Phi) is 3.49. The number of phenolic OH excluding ortho intramolecular Hbond substituents is 1. The first-order chi connectivity index (χ1) is 6.69. The molecule has 0 aliphatic heterocycles. The van der Waals surface area contributed by atoms with E-state index in [0.717, 1.165) is 17.5 Å². The zero-order valence-corrected chi connectivity index (χ0v) is 8.20. The third kappa shape index (κ3) is 2.24. The lowest BCUT2D eigenvalue weighted by molar-refractivity contribution is 0.460. The Morgan fingerprint density at radius 2 is 2.29 bits per heavy atom. The van der Waals surface area contributed by atoms with E-state index in [9.17, 15) is 5.11 Å². The van der Waals surface area contributed by atoms with Crippen LogP contribution in [0.2, 0.25) is 0 Å². The molecule has 14 heavy (non-hydrogen) atoms. The van der Waals surface area contributed by atoms with E-state index in [-0.39, 0.29) is 11.8 Å². The van der Waals surface area contributed by atoms with Gasteiger partial charge >= 0.3 is 0 Å². The molecular formula is C11H14N2O. The van der Waals surface area contributed by atoms with Crippen molar-refractivity contribution in [1.29, 1.82) is 5.26 Å². The smallest absolute Gasteiger partial charge is 0.120 e. The Morgan fingerprint density at radius 3 is 2.86 bits per heavy atom. The number of nitrogens with zero attached hydrogens (tertiary/aromatic N) is 1. The van der Waals surface area contributed by atoms with Crippen molar-refractivity contribution in [2.24, 2.45) is 5.73 Å². The van der Waals surface area contributed by atoms with Crippen LogP contribution in [0.15, 0.2) is 18.2 Å². The highest BCUT2D eigenvalue weighted by molar-refractivity contribution is 5.39. The van der Waals surface area contributed by atoms with E-state index in [1.165, 1.54) is 0 Å². The zero-order valence-electron chi connectivity index (χ0n) is 8.20. The molecule has 0 saturated heterocycles. The number of phenols is 1. The number of hydrogen-bond acceptors (Lipinski definition) is 3. The fraction of sp³-hybridized carbons (Fsp3) is 0.364. The highest BCUT2D eigenvalue weighted by Crippen LogP contribution is 2.25. The summed E-state index contributed by atoms with van der Waals surface area (Å²) in [6.45, 7) is 1.96. The van der Waals surface area contributed by atoms with Crippen molar-refractivity contribution in [2.75, 3.05) is 0 Å². The maximum Gasteiger partial charge on any atom is 0.120 e. The molecule has 0 amide bonds. The topological polar surface area (TPSA) is 70.0 Å². The Balaban J connectivity index is 3.03. The number of nitrogens with two attached hydrogens (primary N) is 1. The molecule has 0 aliphatic carbocycles. The van der Waals surface area contributed by atoms with Crippen molar-refractivity contribution in [3.8, 4) is 11.8 Å². The van der Waals surface area contributed by atoms with Crippen molar-refractivity contribution in [2.45, 2.75) is 25.8 Å². The quantitative estimate of drug-likeness (QED) is 0.764. The van der Waals surface area contributed by atoms with E-state index in [1.807, 2.05) is 6.92 Å². The second-order valence-electron chi connectivity index (χ2n) is 3.24. The number of hydrogen-bond donors (Lipinski definition) is 2. The van der Waals surface area contributed by atoms with Gasteiger partial charge in [-0.05, 0) is 24.1 Å². The number of rotatable bonds is 3. The molecule has 0 heterocycles. The van der Waals surface area contributed by atoms with Crippen LogP contribution >= 0.6 is 0 Å².